The van der Waals surface area contributed by atoms with E-state index in [1.807, 2.05) is 0 Å². The standard InChI is InChI=1S/C10H11N7O/c1-18-5-6-8-9(11)14-15-10(8)17(16-6)7-3-2-4-12-13-7/h2-4H,5H2,1H3,(H3,11,14,15). The van der Waals surface area contributed by atoms with Crippen LogP contribution in [0.15, 0.2) is 18.3 Å². The van der Waals surface area contributed by atoms with E-state index in [2.05, 4.69) is 25.5 Å². The predicted octanol–water partition coefficient (Wildman–Crippen LogP) is 0.267. The Bertz CT molecular complexity index is 672. The van der Waals surface area contributed by atoms with Crippen molar-refractivity contribution in [1.29, 1.82) is 0 Å². The van der Waals surface area contributed by atoms with Gasteiger partial charge in [0.1, 0.15) is 11.5 Å². The zero-order chi connectivity index (χ0) is 12.5. The van der Waals surface area contributed by atoms with Crippen LogP contribution in [0.3, 0.4) is 0 Å². The number of hydrogen-bond donors (Lipinski definition) is 2. The predicted molar refractivity (Wildman–Crippen MR) is 63.9 cm³/mol. The minimum Gasteiger partial charge on any atom is -0.383 e. The van der Waals surface area contributed by atoms with E-state index in [-0.39, 0.29) is 0 Å². The van der Waals surface area contributed by atoms with Crippen LogP contribution in [0.25, 0.3) is 16.9 Å². The Kier molecular flexibility index (Phi) is 2.41. The molecule has 0 spiro atoms. The molecule has 0 aliphatic carbocycles. The number of nitrogens with two attached hydrogens (primary N) is 1. The van der Waals surface area contributed by atoms with Crippen LogP contribution in [-0.4, -0.2) is 37.3 Å². The van der Waals surface area contributed by atoms with Crippen molar-refractivity contribution in [3.63, 3.8) is 0 Å². The summed E-state index contributed by atoms with van der Waals surface area (Å²) < 4.78 is 6.69. The van der Waals surface area contributed by atoms with Crippen molar-refractivity contribution < 1.29 is 4.74 Å². The highest BCUT2D eigenvalue weighted by molar-refractivity contribution is 5.89. The minimum atomic E-state index is 0.355. The molecule has 92 valence electrons. The molecule has 0 atom stereocenters. The molecule has 0 aromatic carbocycles. The van der Waals surface area contributed by atoms with E-state index in [0.717, 1.165) is 5.39 Å². The first-order valence-corrected chi connectivity index (χ1v) is 5.29. The van der Waals surface area contributed by atoms with Gasteiger partial charge in [0.2, 0.25) is 0 Å². The number of methoxy groups -OCH3 is 1. The van der Waals surface area contributed by atoms with E-state index in [1.54, 1.807) is 30.1 Å². The zero-order valence-electron chi connectivity index (χ0n) is 9.66. The van der Waals surface area contributed by atoms with Crippen LogP contribution in [0.4, 0.5) is 5.82 Å². The van der Waals surface area contributed by atoms with Crippen LogP contribution in [-0.2, 0) is 11.3 Å². The van der Waals surface area contributed by atoms with Gasteiger partial charge in [-0.3, -0.25) is 5.10 Å². The summed E-state index contributed by atoms with van der Waals surface area (Å²) in [5, 5.41) is 19.8. The summed E-state index contributed by atoms with van der Waals surface area (Å²) in [6.07, 6.45) is 1.60. The van der Waals surface area contributed by atoms with E-state index in [4.69, 9.17) is 10.5 Å². The number of nitrogens with one attached hydrogen (secondary N) is 1. The minimum absolute atomic E-state index is 0.355. The zero-order valence-corrected chi connectivity index (χ0v) is 9.66. The van der Waals surface area contributed by atoms with Gasteiger partial charge < -0.3 is 10.5 Å². The number of H-pyrrole nitrogens is 1. The lowest BCUT2D eigenvalue weighted by Gasteiger charge is -1.98. The summed E-state index contributed by atoms with van der Waals surface area (Å²) in [7, 11) is 1.60. The van der Waals surface area contributed by atoms with Crippen molar-refractivity contribution in [2.24, 2.45) is 0 Å². The molecule has 18 heavy (non-hydrogen) atoms. The Morgan fingerprint density at radius 1 is 1.50 bits per heavy atom. The lowest BCUT2D eigenvalue weighted by Crippen LogP contribution is -2.02. The Morgan fingerprint density at radius 3 is 3.11 bits per heavy atom. The molecule has 3 aromatic heterocycles. The number of aromatic amines is 1. The number of anilines is 1. The molecule has 8 heteroatoms. The van der Waals surface area contributed by atoms with Crippen LogP contribution in [0.1, 0.15) is 5.69 Å². The second-order valence-electron chi connectivity index (χ2n) is 3.71. The molecule has 0 aliphatic heterocycles. The van der Waals surface area contributed by atoms with Crippen molar-refractivity contribution in [3.8, 4) is 5.82 Å². The van der Waals surface area contributed by atoms with Crippen molar-refractivity contribution >= 4 is 16.9 Å². The Morgan fingerprint density at radius 2 is 2.39 bits per heavy atom. The number of hydrogen-bond acceptors (Lipinski definition) is 6. The Balaban J connectivity index is 2.24. The van der Waals surface area contributed by atoms with Gasteiger partial charge in [-0.2, -0.15) is 20.0 Å². The van der Waals surface area contributed by atoms with Gasteiger partial charge >= 0.3 is 0 Å². The molecular weight excluding hydrogens is 234 g/mol. The van der Waals surface area contributed by atoms with Crippen molar-refractivity contribution in [1.82, 2.24) is 30.2 Å². The van der Waals surface area contributed by atoms with Crippen LogP contribution < -0.4 is 5.73 Å². The number of nitrogen functional groups attached to an aromatic ring is 1. The first-order chi connectivity index (χ1) is 8.81. The Labute approximate surface area is 102 Å². The molecule has 0 unspecified atom stereocenters. The van der Waals surface area contributed by atoms with Gasteiger partial charge in [0.25, 0.3) is 0 Å². The highest BCUT2D eigenvalue weighted by Gasteiger charge is 2.17. The molecule has 3 rings (SSSR count). The van der Waals surface area contributed by atoms with E-state index < -0.39 is 0 Å². The van der Waals surface area contributed by atoms with Crippen LogP contribution in [0, 0.1) is 0 Å². The number of rotatable bonds is 3. The molecule has 0 saturated heterocycles. The number of fused-ring (bicyclic) bond motifs is 1. The number of nitrogens with zero attached hydrogens (tertiary/aromatic N) is 5. The van der Waals surface area contributed by atoms with E-state index >= 15 is 0 Å². The first-order valence-electron chi connectivity index (χ1n) is 5.29. The first kappa shape index (κ1) is 10.7. The quantitative estimate of drug-likeness (QED) is 0.685. The van der Waals surface area contributed by atoms with E-state index in [1.165, 1.54) is 0 Å². The molecule has 3 N–H and O–H groups in total. The third kappa shape index (κ3) is 1.51. The van der Waals surface area contributed by atoms with E-state index in [9.17, 15) is 0 Å². The molecule has 0 saturated carbocycles. The maximum Gasteiger partial charge on any atom is 0.188 e. The fourth-order valence-corrected chi connectivity index (χ4v) is 1.81. The van der Waals surface area contributed by atoms with Crippen molar-refractivity contribution in [3.05, 3.63) is 24.0 Å². The van der Waals surface area contributed by atoms with Gasteiger partial charge in [-0.15, -0.1) is 5.10 Å². The molecule has 0 fully saturated rings. The second kappa shape index (κ2) is 4.08. The summed E-state index contributed by atoms with van der Waals surface area (Å²) in [6, 6.07) is 3.57. The van der Waals surface area contributed by atoms with Gasteiger partial charge in [-0.25, -0.2) is 0 Å². The third-order valence-corrected chi connectivity index (χ3v) is 2.54. The third-order valence-electron chi connectivity index (χ3n) is 2.54. The lowest BCUT2D eigenvalue weighted by atomic mass is 10.3. The van der Waals surface area contributed by atoms with Gasteiger partial charge in [0.05, 0.1) is 12.0 Å². The van der Waals surface area contributed by atoms with Gasteiger partial charge in [-0.05, 0) is 12.1 Å². The Hall–Kier alpha value is -2.48. The van der Waals surface area contributed by atoms with Crippen LogP contribution in [0.2, 0.25) is 0 Å². The topological polar surface area (TPSA) is 108 Å². The molecule has 3 aromatic rings. The van der Waals surface area contributed by atoms with Gasteiger partial charge in [0, 0.05) is 13.3 Å². The average molecular weight is 245 g/mol. The molecule has 3 heterocycles. The number of ether oxygens (including phenoxy) is 1. The lowest BCUT2D eigenvalue weighted by molar-refractivity contribution is 0.182. The van der Waals surface area contributed by atoms with Crippen molar-refractivity contribution in [2.75, 3.05) is 12.8 Å². The summed E-state index contributed by atoms with van der Waals surface area (Å²) >= 11 is 0. The molecule has 0 amide bonds. The molecule has 8 nitrogen and oxygen atoms in total. The number of aromatic nitrogens is 6. The van der Waals surface area contributed by atoms with E-state index in [0.29, 0.717) is 29.6 Å². The summed E-state index contributed by atoms with van der Waals surface area (Å²) in [6.45, 7) is 0.355. The molecule has 0 bridgehead atoms. The van der Waals surface area contributed by atoms with Crippen LogP contribution in [0.5, 0.6) is 0 Å². The van der Waals surface area contributed by atoms with Crippen molar-refractivity contribution in [2.45, 2.75) is 6.61 Å². The highest BCUT2D eigenvalue weighted by atomic mass is 16.5. The SMILES string of the molecule is COCc1nn(-c2cccnn2)c2n[nH]c(N)c12. The van der Waals surface area contributed by atoms with Gasteiger partial charge in [-0.1, -0.05) is 0 Å². The summed E-state index contributed by atoms with van der Waals surface area (Å²) in [5.74, 6) is 1.04. The largest absolute Gasteiger partial charge is 0.383 e. The monoisotopic (exact) mass is 245 g/mol. The fourth-order valence-electron chi connectivity index (χ4n) is 1.81. The highest BCUT2D eigenvalue weighted by Crippen LogP contribution is 2.24. The molecule has 0 aliphatic rings. The summed E-state index contributed by atoms with van der Waals surface area (Å²) in [4.78, 5) is 0. The van der Waals surface area contributed by atoms with Gasteiger partial charge in [0.15, 0.2) is 11.5 Å². The fraction of sp³-hybridized carbons (Fsp3) is 0.200. The average Bonchev–Trinajstić information content (AvgIpc) is 2.94. The molecule has 0 radical (unpaired) electrons. The smallest absolute Gasteiger partial charge is 0.188 e. The normalized spacial score (nSPS) is 11.2. The maximum absolute atomic E-state index is 5.84. The second-order valence-corrected chi connectivity index (χ2v) is 3.71. The maximum atomic E-state index is 5.84. The van der Waals surface area contributed by atoms with Crippen LogP contribution >= 0.6 is 0 Å². The molecular formula is C10H11N7O. The summed E-state index contributed by atoms with van der Waals surface area (Å²) in [5.41, 5.74) is 7.16.